The first-order valence-corrected chi connectivity index (χ1v) is 10.4. The second-order valence-corrected chi connectivity index (χ2v) is 7.88. The highest BCUT2D eigenvalue weighted by Gasteiger charge is 2.35. The van der Waals surface area contributed by atoms with Gasteiger partial charge in [-0.15, -0.1) is 6.42 Å². The van der Waals surface area contributed by atoms with E-state index in [0.717, 1.165) is 16.3 Å². The first-order valence-electron chi connectivity index (χ1n) is 9.66. The number of fused-ring (bicyclic) bond motifs is 1. The van der Waals surface area contributed by atoms with E-state index in [1.165, 1.54) is 11.0 Å². The van der Waals surface area contributed by atoms with Gasteiger partial charge in [-0.3, -0.25) is 19.8 Å². The molecule has 0 saturated carbocycles. The molecule has 0 radical (unpaired) electrons. The van der Waals surface area contributed by atoms with Crippen molar-refractivity contribution in [2.75, 3.05) is 11.5 Å². The van der Waals surface area contributed by atoms with Gasteiger partial charge in [0.05, 0.1) is 5.69 Å². The van der Waals surface area contributed by atoms with Gasteiger partial charge < -0.3 is 4.74 Å². The number of nitrogens with one attached hydrogen (secondary N) is 1. The number of benzene rings is 3. The zero-order valence-corrected chi connectivity index (χ0v) is 18.6. The molecule has 7 heteroatoms. The van der Waals surface area contributed by atoms with E-state index in [4.69, 9.17) is 35.0 Å². The molecule has 1 N–H and O–H groups in total. The predicted octanol–water partition coefficient (Wildman–Crippen LogP) is 4.64. The van der Waals surface area contributed by atoms with E-state index >= 15 is 0 Å². The molecule has 3 aromatic carbocycles. The van der Waals surface area contributed by atoms with Crippen LogP contribution in [0.3, 0.4) is 0 Å². The highest BCUT2D eigenvalue weighted by Crippen LogP contribution is 2.32. The van der Waals surface area contributed by atoms with Gasteiger partial charge in [0.15, 0.2) is 5.11 Å². The van der Waals surface area contributed by atoms with Gasteiger partial charge in [-0.25, -0.2) is 0 Å². The van der Waals surface area contributed by atoms with E-state index < -0.39 is 11.8 Å². The minimum Gasteiger partial charge on any atom is -0.480 e. The summed E-state index contributed by atoms with van der Waals surface area (Å²) in [6.07, 6.45) is 6.86. The number of aryl methyl sites for hydroxylation is 1. The number of carbonyl (C=O) groups excluding carboxylic acids is 2. The van der Waals surface area contributed by atoms with Crippen molar-refractivity contribution in [3.8, 4) is 18.1 Å². The number of anilines is 1. The second-order valence-electron chi connectivity index (χ2n) is 7.08. The number of carbonyl (C=O) groups is 2. The molecule has 0 aliphatic carbocycles. The van der Waals surface area contributed by atoms with Crippen molar-refractivity contribution in [1.82, 2.24) is 5.32 Å². The molecule has 1 heterocycles. The van der Waals surface area contributed by atoms with E-state index in [0.29, 0.717) is 22.0 Å². The van der Waals surface area contributed by atoms with Crippen LogP contribution in [0.15, 0.2) is 60.2 Å². The summed E-state index contributed by atoms with van der Waals surface area (Å²) in [5, 5.41) is 4.80. The lowest BCUT2D eigenvalue weighted by Gasteiger charge is -2.29. The molecular weight excluding hydrogens is 444 g/mol. The highest BCUT2D eigenvalue weighted by molar-refractivity contribution is 7.80. The molecule has 3 aromatic rings. The van der Waals surface area contributed by atoms with Crippen LogP contribution in [0.2, 0.25) is 5.02 Å². The van der Waals surface area contributed by atoms with Crippen LogP contribution >= 0.6 is 23.8 Å². The Bertz CT molecular complexity index is 1360. The third kappa shape index (κ3) is 3.96. The molecule has 1 saturated heterocycles. The number of rotatable bonds is 4. The second kappa shape index (κ2) is 8.83. The summed E-state index contributed by atoms with van der Waals surface area (Å²) in [6, 6.07) is 16.4. The topological polar surface area (TPSA) is 58.6 Å². The zero-order chi connectivity index (χ0) is 22.8. The van der Waals surface area contributed by atoms with Crippen LogP contribution in [-0.4, -0.2) is 23.5 Å². The summed E-state index contributed by atoms with van der Waals surface area (Å²) in [5.41, 5.74) is 1.81. The summed E-state index contributed by atoms with van der Waals surface area (Å²) in [5.74, 6) is 1.74. The summed E-state index contributed by atoms with van der Waals surface area (Å²) in [7, 11) is 0. The number of hydrogen-bond acceptors (Lipinski definition) is 4. The van der Waals surface area contributed by atoms with Crippen molar-refractivity contribution in [3.05, 3.63) is 76.3 Å². The molecule has 1 fully saturated rings. The largest absolute Gasteiger partial charge is 0.480 e. The van der Waals surface area contributed by atoms with E-state index in [9.17, 15) is 9.59 Å². The Morgan fingerprint density at radius 1 is 1.19 bits per heavy atom. The Kier molecular flexibility index (Phi) is 5.95. The monoisotopic (exact) mass is 460 g/mol. The smallest absolute Gasteiger partial charge is 0.270 e. The van der Waals surface area contributed by atoms with E-state index in [2.05, 4.69) is 11.2 Å². The van der Waals surface area contributed by atoms with E-state index in [-0.39, 0.29) is 17.3 Å². The molecule has 0 aromatic heterocycles. The number of nitrogens with zero attached hydrogens (tertiary/aromatic N) is 1. The van der Waals surface area contributed by atoms with Crippen molar-refractivity contribution >= 4 is 63.3 Å². The maximum absolute atomic E-state index is 13.4. The van der Waals surface area contributed by atoms with Gasteiger partial charge in [0.1, 0.15) is 17.9 Å². The lowest BCUT2D eigenvalue weighted by molar-refractivity contribution is -0.122. The Hall–Kier alpha value is -3.66. The zero-order valence-electron chi connectivity index (χ0n) is 17.0. The summed E-state index contributed by atoms with van der Waals surface area (Å²) >= 11 is 11.5. The Morgan fingerprint density at radius 3 is 2.72 bits per heavy atom. The van der Waals surface area contributed by atoms with Crippen LogP contribution in [0.1, 0.15) is 11.1 Å². The third-order valence-corrected chi connectivity index (χ3v) is 5.74. The van der Waals surface area contributed by atoms with Gasteiger partial charge in [-0.05, 0) is 59.8 Å². The van der Waals surface area contributed by atoms with E-state index in [1.54, 1.807) is 24.3 Å². The quantitative estimate of drug-likeness (QED) is 0.266. The fourth-order valence-electron chi connectivity index (χ4n) is 3.43. The van der Waals surface area contributed by atoms with Crippen LogP contribution in [0.4, 0.5) is 5.69 Å². The standard InChI is InChI=1S/C25H17ClN2O3S/c1-3-12-31-22-11-9-16-6-4-5-7-18(16)19(22)14-20-23(29)27-25(32)28(24(20)30)17-10-8-15(2)21(26)13-17/h1,4-11,13-14H,12H2,2H3,(H,27,29,32)/b20-14+. The lowest BCUT2D eigenvalue weighted by Crippen LogP contribution is -2.54. The third-order valence-electron chi connectivity index (χ3n) is 5.05. The van der Waals surface area contributed by atoms with Gasteiger partial charge in [-0.2, -0.15) is 0 Å². The normalized spacial score (nSPS) is 15.1. The van der Waals surface area contributed by atoms with Crippen LogP contribution in [0.5, 0.6) is 5.75 Å². The molecule has 0 bridgehead atoms. The minimum absolute atomic E-state index is 0.0150. The average molecular weight is 461 g/mol. The number of terminal acetylenes is 1. The summed E-state index contributed by atoms with van der Waals surface area (Å²) in [4.78, 5) is 27.4. The molecule has 158 valence electrons. The summed E-state index contributed by atoms with van der Waals surface area (Å²) < 4.78 is 5.69. The molecule has 0 spiro atoms. The first-order chi connectivity index (χ1) is 15.4. The van der Waals surface area contributed by atoms with Gasteiger partial charge in [0.25, 0.3) is 11.8 Å². The molecule has 1 aliphatic rings. The molecule has 5 nitrogen and oxygen atoms in total. The van der Waals surface area contributed by atoms with Crippen molar-refractivity contribution in [3.63, 3.8) is 0 Å². The Balaban J connectivity index is 1.86. The summed E-state index contributed by atoms with van der Waals surface area (Å²) in [6.45, 7) is 1.90. The number of amides is 2. The molecule has 0 atom stereocenters. The van der Waals surface area contributed by atoms with Crippen LogP contribution < -0.4 is 15.0 Å². The molecule has 2 amide bonds. The van der Waals surface area contributed by atoms with Gasteiger partial charge >= 0.3 is 0 Å². The number of ether oxygens (including phenoxy) is 1. The fourth-order valence-corrected chi connectivity index (χ4v) is 3.88. The number of thiocarbonyl (C=S) groups is 1. The van der Waals surface area contributed by atoms with Crippen LogP contribution in [-0.2, 0) is 9.59 Å². The van der Waals surface area contributed by atoms with Gasteiger partial charge in [0.2, 0.25) is 0 Å². The van der Waals surface area contributed by atoms with Crippen molar-refractivity contribution in [2.45, 2.75) is 6.92 Å². The van der Waals surface area contributed by atoms with Crippen molar-refractivity contribution < 1.29 is 14.3 Å². The molecule has 1 aliphatic heterocycles. The number of halogens is 1. The first kappa shape index (κ1) is 21.6. The maximum Gasteiger partial charge on any atom is 0.270 e. The van der Waals surface area contributed by atoms with Crippen LogP contribution in [0.25, 0.3) is 16.8 Å². The Labute approximate surface area is 195 Å². The molecule has 32 heavy (non-hydrogen) atoms. The minimum atomic E-state index is -0.592. The van der Waals surface area contributed by atoms with Gasteiger partial charge in [-0.1, -0.05) is 53.9 Å². The predicted molar refractivity (Wildman–Crippen MR) is 131 cm³/mol. The average Bonchev–Trinajstić information content (AvgIpc) is 2.77. The fraction of sp³-hybridized carbons (Fsp3) is 0.0800. The van der Waals surface area contributed by atoms with Gasteiger partial charge in [0, 0.05) is 10.6 Å². The SMILES string of the molecule is C#CCOc1ccc2ccccc2c1/C=C1\C(=O)NC(=S)N(c2ccc(C)c(Cl)c2)C1=O. The van der Waals surface area contributed by atoms with Crippen molar-refractivity contribution in [2.24, 2.45) is 0 Å². The Morgan fingerprint density at radius 2 is 1.97 bits per heavy atom. The number of hydrogen-bond donors (Lipinski definition) is 1. The van der Waals surface area contributed by atoms with Crippen molar-refractivity contribution in [1.29, 1.82) is 0 Å². The van der Waals surface area contributed by atoms with E-state index in [1.807, 2.05) is 37.3 Å². The molecular formula is C25H17ClN2O3S. The maximum atomic E-state index is 13.4. The van der Waals surface area contributed by atoms with Crippen LogP contribution in [0, 0.1) is 19.3 Å². The molecule has 0 unspecified atom stereocenters. The lowest BCUT2D eigenvalue weighted by atomic mass is 9.99. The molecule has 4 rings (SSSR count). The highest BCUT2D eigenvalue weighted by atomic mass is 35.5.